The van der Waals surface area contributed by atoms with E-state index in [4.69, 9.17) is 14.6 Å². The molecular formula is C10H10F2O4. The zero-order valence-electron chi connectivity index (χ0n) is 8.44. The van der Waals surface area contributed by atoms with Crippen molar-refractivity contribution in [2.75, 3.05) is 6.61 Å². The molecular weight excluding hydrogens is 222 g/mol. The van der Waals surface area contributed by atoms with Gasteiger partial charge in [-0.25, -0.2) is 9.18 Å². The van der Waals surface area contributed by atoms with Gasteiger partial charge in [0.05, 0.1) is 0 Å². The van der Waals surface area contributed by atoms with Crippen LogP contribution in [-0.2, 0) is 9.53 Å². The Kier molecular flexibility index (Phi) is 4.19. The van der Waals surface area contributed by atoms with Crippen LogP contribution >= 0.6 is 0 Å². The van der Waals surface area contributed by atoms with Crippen LogP contribution < -0.4 is 4.74 Å². The zero-order chi connectivity index (χ0) is 12.1. The zero-order valence-corrected chi connectivity index (χ0v) is 8.44. The van der Waals surface area contributed by atoms with Crippen LogP contribution in [0, 0.1) is 11.6 Å². The highest BCUT2D eigenvalue weighted by Crippen LogP contribution is 2.20. The molecule has 88 valence electrons. The number of rotatable bonds is 5. The van der Waals surface area contributed by atoms with E-state index in [1.807, 2.05) is 0 Å². The second kappa shape index (κ2) is 5.41. The summed E-state index contributed by atoms with van der Waals surface area (Å²) >= 11 is 0. The van der Waals surface area contributed by atoms with Gasteiger partial charge in [0.15, 0.2) is 11.6 Å². The van der Waals surface area contributed by atoms with Gasteiger partial charge in [-0.05, 0) is 19.1 Å². The van der Waals surface area contributed by atoms with Gasteiger partial charge >= 0.3 is 5.97 Å². The quantitative estimate of drug-likeness (QED) is 0.786. The number of hydrogen-bond donors (Lipinski definition) is 1. The van der Waals surface area contributed by atoms with Crippen molar-refractivity contribution in [1.82, 2.24) is 0 Å². The van der Waals surface area contributed by atoms with Crippen LogP contribution in [0.5, 0.6) is 5.75 Å². The molecule has 1 N–H and O–H groups in total. The molecule has 1 atom stereocenters. The average molecular weight is 232 g/mol. The Morgan fingerprint density at radius 1 is 1.50 bits per heavy atom. The minimum Gasteiger partial charge on any atom is -0.477 e. The molecule has 0 aromatic heterocycles. The number of hydrogen-bond acceptors (Lipinski definition) is 3. The van der Waals surface area contributed by atoms with E-state index in [1.165, 1.54) is 6.07 Å². The molecule has 0 spiro atoms. The Morgan fingerprint density at radius 2 is 2.19 bits per heavy atom. The predicted molar refractivity (Wildman–Crippen MR) is 50.0 cm³/mol. The third-order valence-electron chi connectivity index (χ3n) is 1.67. The van der Waals surface area contributed by atoms with E-state index in [9.17, 15) is 13.6 Å². The highest BCUT2D eigenvalue weighted by Gasteiger charge is 2.21. The number of carbonyl (C=O) groups is 1. The summed E-state index contributed by atoms with van der Waals surface area (Å²) in [4.78, 5) is 10.6. The molecule has 1 aromatic rings. The van der Waals surface area contributed by atoms with Gasteiger partial charge in [-0.2, -0.15) is 4.39 Å². The lowest BCUT2D eigenvalue weighted by atomic mass is 10.3. The molecule has 0 aliphatic carbocycles. The smallest absolute Gasteiger partial charge is 0.373 e. The summed E-state index contributed by atoms with van der Waals surface area (Å²) in [6.45, 7) is 1.63. The van der Waals surface area contributed by atoms with Crippen LogP contribution in [0.15, 0.2) is 18.2 Å². The van der Waals surface area contributed by atoms with Gasteiger partial charge < -0.3 is 14.6 Å². The Balaban J connectivity index is 2.85. The molecule has 16 heavy (non-hydrogen) atoms. The van der Waals surface area contributed by atoms with Crippen LogP contribution in [-0.4, -0.2) is 24.0 Å². The SMILES string of the molecule is CCOC(Oc1cccc(F)c1F)C(=O)O. The van der Waals surface area contributed by atoms with E-state index in [-0.39, 0.29) is 6.61 Å². The summed E-state index contributed by atoms with van der Waals surface area (Å²) in [5.41, 5.74) is 0. The van der Waals surface area contributed by atoms with Crippen molar-refractivity contribution in [3.8, 4) is 5.75 Å². The van der Waals surface area contributed by atoms with Crippen LogP contribution in [0.1, 0.15) is 6.92 Å². The maximum absolute atomic E-state index is 13.1. The number of aliphatic carboxylic acids is 1. The van der Waals surface area contributed by atoms with Gasteiger partial charge in [-0.3, -0.25) is 0 Å². The number of halogens is 2. The Bertz CT molecular complexity index is 381. The summed E-state index contributed by atoms with van der Waals surface area (Å²) in [5, 5.41) is 8.66. The van der Waals surface area contributed by atoms with E-state index in [0.717, 1.165) is 12.1 Å². The molecule has 6 heteroatoms. The van der Waals surface area contributed by atoms with Crippen molar-refractivity contribution >= 4 is 5.97 Å². The first-order valence-electron chi connectivity index (χ1n) is 4.51. The van der Waals surface area contributed by atoms with E-state index >= 15 is 0 Å². The van der Waals surface area contributed by atoms with E-state index < -0.39 is 29.6 Å². The topological polar surface area (TPSA) is 55.8 Å². The van der Waals surface area contributed by atoms with Crippen molar-refractivity contribution in [2.45, 2.75) is 13.2 Å². The lowest BCUT2D eigenvalue weighted by Crippen LogP contribution is -2.30. The normalized spacial score (nSPS) is 12.2. The summed E-state index contributed by atoms with van der Waals surface area (Å²) in [5.74, 6) is -4.27. The summed E-state index contributed by atoms with van der Waals surface area (Å²) in [6, 6.07) is 3.23. The molecule has 0 aliphatic heterocycles. The molecule has 4 nitrogen and oxygen atoms in total. The van der Waals surface area contributed by atoms with Gasteiger partial charge in [-0.1, -0.05) is 6.07 Å². The van der Waals surface area contributed by atoms with Gasteiger partial charge in [-0.15, -0.1) is 0 Å². The molecule has 0 fully saturated rings. The van der Waals surface area contributed by atoms with Crippen LogP contribution in [0.3, 0.4) is 0 Å². The van der Waals surface area contributed by atoms with Gasteiger partial charge in [0.1, 0.15) is 0 Å². The highest BCUT2D eigenvalue weighted by atomic mass is 19.2. The summed E-state index contributed by atoms with van der Waals surface area (Å²) in [7, 11) is 0. The Hall–Kier alpha value is -1.69. The second-order valence-corrected chi connectivity index (χ2v) is 2.80. The fourth-order valence-electron chi connectivity index (χ4n) is 0.997. The fraction of sp³-hybridized carbons (Fsp3) is 0.300. The highest BCUT2D eigenvalue weighted by molar-refractivity contribution is 5.71. The lowest BCUT2D eigenvalue weighted by Gasteiger charge is -2.14. The largest absolute Gasteiger partial charge is 0.477 e. The second-order valence-electron chi connectivity index (χ2n) is 2.80. The lowest BCUT2D eigenvalue weighted by molar-refractivity contribution is -0.170. The summed E-state index contributed by atoms with van der Waals surface area (Å²) < 4.78 is 35.3. The predicted octanol–water partition coefficient (Wildman–Crippen LogP) is 1.79. The molecule has 1 unspecified atom stereocenters. The van der Waals surface area contributed by atoms with Crippen molar-refractivity contribution in [3.63, 3.8) is 0 Å². The third-order valence-corrected chi connectivity index (χ3v) is 1.67. The average Bonchev–Trinajstić information content (AvgIpc) is 2.23. The first-order valence-corrected chi connectivity index (χ1v) is 4.51. The van der Waals surface area contributed by atoms with E-state index in [2.05, 4.69) is 0 Å². The van der Waals surface area contributed by atoms with Crippen molar-refractivity contribution in [3.05, 3.63) is 29.8 Å². The fourth-order valence-corrected chi connectivity index (χ4v) is 0.997. The van der Waals surface area contributed by atoms with Gasteiger partial charge in [0, 0.05) is 6.61 Å². The maximum atomic E-state index is 13.1. The monoisotopic (exact) mass is 232 g/mol. The molecule has 0 radical (unpaired) electrons. The van der Waals surface area contributed by atoms with Gasteiger partial charge in [0.25, 0.3) is 6.29 Å². The van der Waals surface area contributed by atoms with E-state index in [0.29, 0.717) is 0 Å². The maximum Gasteiger partial charge on any atom is 0.373 e. The molecule has 0 saturated heterocycles. The third kappa shape index (κ3) is 2.90. The molecule has 0 aliphatic rings. The standard InChI is InChI=1S/C10H10F2O4/c1-2-15-10(9(13)14)16-7-5-3-4-6(11)8(7)12/h3-5,10H,2H2,1H3,(H,13,14). The van der Waals surface area contributed by atoms with E-state index in [1.54, 1.807) is 6.92 Å². The number of benzene rings is 1. The van der Waals surface area contributed by atoms with Crippen molar-refractivity contribution in [2.24, 2.45) is 0 Å². The molecule has 0 amide bonds. The molecule has 0 bridgehead atoms. The van der Waals surface area contributed by atoms with Crippen molar-refractivity contribution in [1.29, 1.82) is 0 Å². The summed E-state index contributed by atoms with van der Waals surface area (Å²) in [6.07, 6.45) is -1.65. The van der Waals surface area contributed by atoms with Crippen molar-refractivity contribution < 1.29 is 28.2 Å². The molecule has 0 saturated carbocycles. The first kappa shape index (κ1) is 12.4. The van der Waals surface area contributed by atoms with Crippen LogP contribution in [0.4, 0.5) is 8.78 Å². The number of carboxylic acids is 1. The Labute approximate surface area is 90.4 Å². The van der Waals surface area contributed by atoms with Crippen LogP contribution in [0.25, 0.3) is 0 Å². The Morgan fingerprint density at radius 3 is 2.75 bits per heavy atom. The number of carboxylic acid groups (broad SMARTS) is 1. The molecule has 1 aromatic carbocycles. The minimum absolute atomic E-state index is 0.0773. The minimum atomic E-state index is -1.65. The first-order chi connectivity index (χ1) is 7.56. The number of ether oxygens (including phenoxy) is 2. The van der Waals surface area contributed by atoms with Gasteiger partial charge in [0.2, 0.25) is 5.82 Å². The molecule has 1 rings (SSSR count). The van der Waals surface area contributed by atoms with Crippen LogP contribution in [0.2, 0.25) is 0 Å². The molecule has 0 heterocycles.